The number of nitrogens with one attached hydrogen (secondary N) is 2. The average molecular weight is 557 g/mol. The number of benzene rings is 2. The normalized spacial score (nSPS) is 16.3. The Kier molecular flexibility index (Phi) is 11.3. The second-order valence-electron chi connectivity index (χ2n) is 7.27. The highest BCUT2D eigenvalue weighted by molar-refractivity contribution is 14.0. The Balaban J connectivity index is 0.00000341. The molecule has 0 saturated carbocycles. The Morgan fingerprint density at radius 3 is 2.39 bits per heavy atom. The van der Waals surface area contributed by atoms with E-state index in [4.69, 9.17) is 4.74 Å². The summed E-state index contributed by atoms with van der Waals surface area (Å²) in [6, 6.07) is 18.2. The Morgan fingerprint density at radius 1 is 1.10 bits per heavy atom. The highest BCUT2D eigenvalue weighted by Gasteiger charge is 2.23. The Morgan fingerprint density at radius 2 is 1.77 bits per heavy atom. The van der Waals surface area contributed by atoms with Crippen molar-refractivity contribution in [2.45, 2.75) is 23.8 Å². The van der Waals surface area contributed by atoms with Gasteiger partial charge in [-0.15, -0.1) is 24.0 Å². The van der Waals surface area contributed by atoms with Crippen LogP contribution in [-0.2, 0) is 10.8 Å². The maximum atomic E-state index is 12.4. The van der Waals surface area contributed by atoms with Crippen molar-refractivity contribution in [2.75, 3.05) is 46.1 Å². The molecule has 31 heavy (non-hydrogen) atoms. The summed E-state index contributed by atoms with van der Waals surface area (Å²) in [6.07, 6.45) is 2.48. The number of likely N-dealkylation sites (tertiary alicyclic amines) is 1. The van der Waals surface area contributed by atoms with E-state index in [1.807, 2.05) is 42.5 Å². The second kappa shape index (κ2) is 13.7. The van der Waals surface area contributed by atoms with Gasteiger partial charge in [0.1, 0.15) is 5.75 Å². The van der Waals surface area contributed by atoms with E-state index in [2.05, 4.69) is 32.7 Å². The molecule has 8 heteroatoms. The molecule has 0 radical (unpaired) electrons. The van der Waals surface area contributed by atoms with E-state index in [1.165, 1.54) is 18.4 Å². The van der Waals surface area contributed by atoms with E-state index in [0.717, 1.165) is 36.2 Å². The molecule has 0 aliphatic carbocycles. The molecule has 2 unspecified atom stereocenters. The number of halogens is 1. The van der Waals surface area contributed by atoms with Gasteiger partial charge in [0.05, 0.1) is 24.0 Å². The van der Waals surface area contributed by atoms with Crippen LogP contribution in [0.15, 0.2) is 64.5 Å². The largest absolute Gasteiger partial charge is 0.497 e. The lowest BCUT2D eigenvalue weighted by molar-refractivity contribution is 0.245. The van der Waals surface area contributed by atoms with Gasteiger partial charge in [-0.25, -0.2) is 0 Å². The van der Waals surface area contributed by atoms with Gasteiger partial charge in [0.25, 0.3) is 0 Å². The molecule has 2 N–H and O–H groups in total. The van der Waals surface area contributed by atoms with Crippen LogP contribution in [0.5, 0.6) is 5.75 Å². The van der Waals surface area contributed by atoms with Gasteiger partial charge in [0.15, 0.2) is 5.96 Å². The number of ether oxygens (including phenoxy) is 1. The highest BCUT2D eigenvalue weighted by Crippen LogP contribution is 2.26. The van der Waals surface area contributed by atoms with Crippen LogP contribution in [0.3, 0.4) is 0 Å². The summed E-state index contributed by atoms with van der Waals surface area (Å²) < 4.78 is 17.7. The first kappa shape index (κ1) is 25.6. The van der Waals surface area contributed by atoms with Crippen LogP contribution in [-0.4, -0.2) is 61.2 Å². The van der Waals surface area contributed by atoms with Gasteiger partial charge >= 0.3 is 0 Å². The van der Waals surface area contributed by atoms with Crippen LogP contribution in [0.4, 0.5) is 0 Å². The maximum Gasteiger partial charge on any atom is 0.191 e. The van der Waals surface area contributed by atoms with E-state index in [1.54, 1.807) is 14.2 Å². The molecule has 3 rings (SSSR count). The van der Waals surface area contributed by atoms with Gasteiger partial charge in [-0.05, 0) is 55.8 Å². The predicted octanol–water partition coefficient (Wildman–Crippen LogP) is 3.42. The third-order valence-corrected chi connectivity index (χ3v) is 6.73. The van der Waals surface area contributed by atoms with Crippen molar-refractivity contribution >= 4 is 40.7 Å². The number of hydrogen-bond donors (Lipinski definition) is 2. The van der Waals surface area contributed by atoms with Crippen LogP contribution in [0.25, 0.3) is 0 Å². The van der Waals surface area contributed by atoms with Crippen LogP contribution in [0.2, 0.25) is 0 Å². The first-order valence-corrected chi connectivity index (χ1v) is 11.8. The zero-order valence-electron chi connectivity index (χ0n) is 18.3. The fraction of sp³-hybridized carbons (Fsp3) is 0.435. The lowest BCUT2D eigenvalue weighted by Crippen LogP contribution is -2.43. The second-order valence-corrected chi connectivity index (χ2v) is 8.85. The third-order valence-electron chi connectivity index (χ3n) is 5.35. The number of methoxy groups -OCH3 is 1. The van der Waals surface area contributed by atoms with Crippen molar-refractivity contribution in [1.29, 1.82) is 0 Å². The molecule has 2 aromatic carbocycles. The molecule has 2 atom stereocenters. The predicted molar refractivity (Wildman–Crippen MR) is 139 cm³/mol. The van der Waals surface area contributed by atoms with Crippen LogP contribution in [0.1, 0.15) is 24.4 Å². The number of rotatable bonds is 9. The SMILES string of the molecule is CN=C(NCCS(=O)c1ccccc1)NCC(c1ccc(OC)cc1)N1CCCC1.I. The van der Waals surface area contributed by atoms with Crippen LogP contribution < -0.4 is 15.4 Å². The van der Waals surface area contributed by atoms with Gasteiger partial charge in [0.2, 0.25) is 0 Å². The van der Waals surface area contributed by atoms with Crippen LogP contribution >= 0.6 is 24.0 Å². The number of hydrogen-bond acceptors (Lipinski definition) is 4. The molecule has 170 valence electrons. The third kappa shape index (κ3) is 7.76. The molecular formula is C23H33IN4O2S. The summed E-state index contributed by atoms with van der Waals surface area (Å²) in [7, 11) is 2.44. The summed E-state index contributed by atoms with van der Waals surface area (Å²) >= 11 is 0. The highest BCUT2D eigenvalue weighted by atomic mass is 127. The molecule has 0 bridgehead atoms. The standard InChI is InChI=1S/C23H32N4O2S.HI/c1-24-23(25-14-17-30(28)21-8-4-3-5-9-21)26-18-22(27-15-6-7-16-27)19-10-12-20(29-2)13-11-19;/h3-5,8-13,22H,6-7,14-18H2,1-2H3,(H2,24,25,26);1H. The Hall–Kier alpha value is -1.65. The summed E-state index contributed by atoms with van der Waals surface area (Å²) in [5, 5.41) is 6.75. The van der Waals surface area contributed by atoms with E-state index < -0.39 is 10.8 Å². The zero-order chi connectivity index (χ0) is 21.2. The Bertz CT molecular complexity index is 827. The average Bonchev–Trinajstić information content (AvgIpc) is 3.33. The van der Waals surface area contributed by atoms with Gasteiger partial charge in [-0.3, -0.25) is 14.1 Å². The maximum absolute atomic E-state index is 12.4. The van der Waals surface area contributed by atoms with Crippen molar-refractivity contribution in [3.05, 3.63) is 60.2 Å². The number of nitrogens with zero attached hydrogens (tertiary/aromatic N) is 2. The molecule has 6 nitrogen and oxygen atoms in total. The molecule has 1 aliphatic rings. The molecule has 0 amide bonds. The van der Waals surface area contributed by atoms with Crippen molar-refractivity contribution in [2.24, 2.45) is 4.99 Å². The minimum absolute atomic E-state index is 0. The first-order valence-electron chi connectivity index (χ1n) is 10.5. The minimum Gasteiger partial charge on any atom is -0.497 e. The van der Waals surface area contributed by atoms with E-state index >= 15 is 0 Å². The Labute approximate surface area is 205 Å². The molecule has 1 fully saturated rings. The fourth-order valence-electron chi connectivity index (χ4n) is 3.70. The number of aliphatic imine (C=N–C) groups is 1. The minimum atomic E-state index is -1.01. The van der Waals surface area contributed by atoms with Crippen LogP contribution in [0, 0.1) is 0 Å². The van der Waals surface area contributed by atoms with Crippen molar-refractivity contribution in [3.63, 3.8) is 0 Å². The van der Waals surface area contributed by atoms with Gasteiger partial charge in [-0.2, -0.15) is 0 Å². The lowest BCUT2D eigenvalue weighted by Gasteiger charge is -2.29. The summed E-state index contributed by atoms with van der Waals surface area (Å²) in [4.78, 5) is 7.71. The lowest BCUT2D eigenvalue weighted by atomic mass is 10.1. The van der Waals surface area contributed by atoms with E-state index in [-0.39, 0.29) is 30.0 Å². The monoisotopic (exact) mass is 556 g/mol. The molecule has 2 aromatic rings. The van der Waals surface area contributed by atoms with Gasteiger partial charge in [0, 0.05) is 30.8 Å². The van der Waals surface area contributed by atoms with Gasteiger partial charge < -0.3 is 15.4 Å². The van der Waals surface area contributed by atoms with E-state index in [0.29, 0.717) is 12.3 Å². The molecule has 0 aromatic heterocycles. The smallest absolute Gasteiger partial charge is 0.191 e. The fourth-order valence-corrected chi connectivity index (χ4v) is 4.69. The van der Waals surface area contributed by atoms with Gasteiger partial charge in [-0.1, -0.05) is 30.3 Å². The van der Waals surface area contributed by atoms with Crippen molar-refractivity contribution in [1.82, 2.24) is 15.5 Å². The van der Waals surface area contributed by atoms with Crippen molar-refractivity contribution in [3.8, 4) is 5.75 Å². The summed E-state index contributed by atoms with van der Waals surface area (Å²) in [5.41, 5.74) is 1.27. The zero-order valence-corrected chi connectivity index (χ0v) is 21.4. The molecule has 1 aliphatic heterocycles. The molecule has 1 heterocycles. The molecule has 1 saturated heterocycles. The topological polar surface area (TPSA) is 66.0 Å². The molecular weight excluding hydrogens is 523 g/mol. The summed E-state index contributed by atoms with van der Waals surface area (Å²) in [6.45, 7) is 3.58. The number of guanidine groups is 1. The molecule has 0 spiro atoms. The quantitative estimate of drug-likeness (QED) is 0.282. The van der Waals surface area contributed by atoms with Crippen molar-refractivity contribution < 1.29 is 8.95 Å². The first-order chi connectivity index (χ1) is 14.7. The summed E-state index contributed by atoms with van der Waals surface area (Å²) in [5.74, 6) is 2.15. The van der Waals surface area contributed by atoms with E-state index in [9.17, 15) is 4.21 Å².